The molecule has 0 fully saturated rings. The van der Waals surface area contributed by atoms with Gasteiger partial charge in [0.2, 0.25) is 0 Å². The zero-order valence-electron chi connectivity index (χ0n) is 15.3. The number of aryl methyl sites for hydroxylation is 1. The lowest BCUT2D eigenvalue weighted by Gasteiger charge is -2.13. The standard InChI is InChI=1S/C24H21NO2/c1-27-23(26)17-16-21-20-14-8-9-15-22(20)25(19-12-6-3-7-13-19)24(21)18-10-4-2-5-11-18/h2-15H,16-17H2,1H3. The summed E-state index contributed by atoms with van der Waals surface area (Å²) in [6, 6.07) is 29.1. The van der Waals surface area contributed by atoms with Gasteiger partial charge in [0.25, 0.3) is 0 Å². The molecule has 3 aromatic carbocycles. The predicted octanol–water partition coefficient (Wildman–Crippen LogP) is 5.40. The zero-order valence-corrected chi connectivity index (χ0v) is 15.3. The Morgan fingerprint density at radius 1 is 0.852 bits per heavy atom. The van der Waals surface area contributed by atoms with Crippen LogP contribution in [-0.4, -0.2) is 17.6 Å². The van der Waals surface area contributed by atoms with Crippen LogP contribution in [0.4, 0.5) is 0 Å². The number of methoxy groups -OCH3 is 1. The van der Waals surface area contributed by atoms with E-state index in [9.17, 15) is 4.79 Å². The molecule has 0 aliphatic heterocycles. The van der Waals surface area contributed by atoms with Crippen LogP contribution >= 0.6 is 0 Å². The highest BCUT2D eigenvalue weighted by Gasteiger charge is 2.20. The summed E-state index contributed by atoms with van der Waals surface area (Å²) in [7, 11) is 1.44. The topological polar surface area (TPSA) is 31.2 Å². The molecular weight excluding hydrogens is 334 g/mol. The van der Waals surface area contributed by atoms with Crippen LogP contribution in [0.5, 0.6) is 0 Å². The first-order chi connectivity index (χ1) is 13.3. The van der Waals surface area contributed by atoms with E-state index >= 15 is 0 Å². The number of benzene rings is 3. The van der Waals surface area contributed by atoms with E-state index in [1.54, 1.807) is 0 Å². The highest BCUT2D eigenvalue weighted by molar-refractivity contribution is 5.94. The maximum atomic E-state index is 11.8. The van der Waals surface area contributed by atoms with Gasteiger partial charge in [0.05, 0.1) is 18.3 Å². The van der Waals surface area contributed by atoms with Crippen LogP contribution in [0.3, 0.4) is 0 Å². The second-order valence-electron chi connectivity index (χ2n) is 6.46. The van der Waals surface area contributed by atoms with Crippen LogP contribution in [0.2, 0.25) is 0 Å². The number of nitrogens with zero attached hydrogens (tertiary/aromatic N) is 1. The summed E-state index contributed by atoms with van der Waals surface area (Å²) >= 11 is 0. The monoisotopic (exact) mass is 355 g/mol. The second kappa shape index (κ2) is 7.50. The molecule has 4 aromatic rings. The first-order valence-corrected chi connectivity index (χ1v) is 9.09. The molecule has 134 valence electrons. The Morgan fingerprint density at radius 3 is 2.19 bits per heavy atom. The van der Waals surface area contributed by atoms with Crippen LogP contribution in [-0.2, 0) is 16.0 Å². The Kier molecular flexibility index (Phi) is 4.75. The summed E-state index contributed by atoms with van der Waals surface area (Å²) in [5.74, 6) is -0.189. The molecule has 0 saturated carbocycles. The van der Waals surface area contributed by atoms with Gasteiger partial charge in [-0.05, 0) is 35.7 Å². The maximum absolute atomic E-state index is 11.8. The number of ether oxygens (including phenoxy) is 1. The van der Waals surface area contributed by atoms with Gasteiger partial charge < -0.3 is 9.30 Å². The maximum Gasteiger partial charge on any atom is 0.305 e. The van der Waals surface area contributed by atoms with Crippen LogP contribution in [0.1, 0.15) is 12.0 Å². The fourth-order valence-corrected chi connectivity index (χ4v) is 3.63. The molecule has 0 aliphatic carbocycles. The van der Waals surface area contributed by atoms with Gasteiger partial charge in [-0.25, -0.2) is 0 Å². The third kappa shape index (κ3) is 3.24. The predicted molar refractivity (Wildman–Crippen MR) is 109 cm³/mol. The lowest BCUT2D eigenvalue weighted by atomic mass is 10.0. The molecule has 0 unspecified atom stereocenters. The molecule has 0 aliphatic rings. The minimum atomic E-state index is -0.189. The van der Waals surface area contributed by atoms with Crippen molar-refractivity contribution < 1.29 is 9.53 Å². The molecule has 3 nitrogen and oxygen atoms in total. The summed E-state index contributed by atoms with van der Waals surface area (Å²) in [5.41, 5.74) is 5.69. The van der Waals surface area contributed by atoms with Crippen molar-refractivity contribution in [3.63, 3.8) is 0 Å². The average molecular weight is 355 g/mol. The zero-order chi connectivity index (χ0) is 18.6. The SMILES string of the molecule is COC(=O)CCc1c(-c2ccccc2)n(-c2ccccc2)c2ccccc12. The smallest absolute Gasteiger partial charge is 0.305 e. The van der Waals surface area contributed by atoms with Crippen molar-refractivity contribution in [2.75, 3.05) is 7.11 Å². The second-order valence-corrected chi connectivity index (χ2v) is 6.46. The number of aromatic nitrogens is 1. The van der Waals surface area contributed by atoms with Crippen molar-refractivity contribution in [3.05, 3.63) is 90.5 Å². The van der Waals surface area contributed by atoms with E-state index < -0.39 is 0 Å². The normalized spacial score (nSPS) is 10.9. The first-order valence-electron chi connectivity index (χ1n) is 9.09. The number of rotatable bonds is 5. The first kappa shape index (κ1) is 17.1. The summed E-state index contributed by atoms with van der Waals surface area (Å²) in [6.45, 7) is 0. The summed E-state index contributed by atoms with van der Waals surface area (Å²) < 4.78 is 7.16. The summed E-state index contributed by atoms with van der Waals surface area (Å²) in [4.78, 5) is 11.8. The molecule has 1 aromatic heterocycles. The van der Waals surface area contributed by atoms with Crippen molar-refractivity contribution in [3.8, 4) is 16.9 Å². The van der Waals surface area contributed by atoms with Gasteiger partial charge >= 0.3 is 5.97 Å². The van der Waals surface area contributed by atoms with Crippen LogP contribution in [0.25, 0.3) is 27.8 Å². The average Bonchev–Trinajstić information content (AvgIpc) is 3.07. The van der Waals surface area contributed by atoms with Crippen molar-refractivity contribution in [2.24, 2.45) is 0 Å². The molecule has 4 rings (SSSR count). The quantitative estimate of drug-likeness (QED) is 0.449. The van der Waals surface area contributed by atoms with Crippen molar-refractivity contribution in [1.82, 2.24) is 4.57 Å². The Balaban J connectivity index is 2.01. The molecule has 3 heteroatoms. The number of carbonyl (C=O) groups is 1. The fraction of sp³-hybridized carbons (Fsp3) is 0.125. The van der Waals surface area contributed by atoms with Gasteiger partial charge in [0.1, 0.15) is 0 Å². The molecule has 27 heavy (non-hydrogen) atoms. The van der Waals surface area contributed by atoms with E-state index in [0.29, 0.717) is 12.8 Å². The minimum Gasteiger partial charge on any atom is -0.469 e. The molecule has 0 N–H and O–H groups in total. The third-order valence-electron chi connectivity index (χ3n) is 4.85. The highest BCUT2D eigenvalue weighted by atomic mass is 16.5. The van der Waals surface area contributed by atoms with Gasteiger partial charge in [-0.3, -0.25) is 4.79 Å². The third-order valence-corrected chi connectivity index (χ3v) is 4.85. The number of hydrogen-bond donors (Lipinski definition) is 0. The summed E-state index contributed by atoms with van der Waals surface area (Å²) in [5, 5.41) is 1.17. The van der Waals surface area contributed by atoms with Crippen LogP contribution < -0.4 is 0 Å². The molecule has 1 heterocycles. The lowest BCUT2D eigenvalue weighted by Crippen LogP contribution is -2.03. The molecule has 0 bridgehead atoms. The molecule has 0 amide bonds. The molecule has 0 radical (unpaired) electrons. The number of carbonyl (C=O) groups excluding carboxylic acids is 1. The van der Waals surface area contributed by atoms with Crippen LogP contribution in [0.15, 0.2) is 84.9 Å². The van der Waals surface area contributed by atoms with Crippen molar-refractivity contribution >= 4 is 16.9 Å². The Labute approximate surface area is 158 Å². The van der Waals surface area contributed by atoms with Gasteiger partial charge in [-0.1, -0.05) is 66.7 Å². The number of esters is 1. The van der Waals surface area contributed by atoms with Gasteiger partial charge in [-0.2, -0.15) is 0 Å². The van der Waals surface area contributed by atoms with Gasteiger partial charge in [-0.15, -0.1) is 0 Å². The van der Waals surface area contributed by atoms with E-state index in [2.05, 4.69) is 47.0 Å². The van der Waals surface area contributed by atoms with Crippen molar-refractivity contribution in [2.45, 2.75) is 12.8 Å². The Morgan fingerprint density at radius 2 is 1.48 bits per heavy atom. The van der Waals surface area contributed by atoms with E-state index in [0.717, 1.165) is 22.5 Å². The molecule has 0 atom stereocenters. The van der Waals surface area contributed by atoms with E-state index in [1.807, 2.05) is 42.5 Å². The molecular formula is C24H21NO2. The van der Waals surface area contributed by atoms with Crippen molar-refractivity contribution in [1.29, 1.82) is 0 Å². The fourth-order valence-electron chi connectivity index (χ4n) is 3.63. The Bertz CT molecular complexity index is 1070. The van der Waals surface area contributed by atoms with Gasteiger partial charge in [0, 0.05) is 17.5 Å². The lowest BCUT2D eigenvalue weighted by molar-refractivity contribution is -0.140. The van der Waals surface area contributed by atoms with E-state index in [-0.39, 0.29) is 5.97 Å². The number of para-hydroxylation sites is 2. The van der Waals surface area contributed by atoms with Gasteiger partial charge in [0.15, 0.2) is 0 Å². The summed E-state index contributed by atoms with van der Waals surface area (Å²) in [6.07, 6.45) is 0.996. The molecule has 0 saturated heterocycles. The van der Waals surface area contributed by atoms with Crippen LogP contribution in [0, 0.1) is 0 Å². The van der Waals surface area contributed by atoms with E-state index in [4.69, 9.17) is 4.74 Å². The van der Waals surface area contributed by atoms with E-state index in [1.165, 1.54) is 18.1 Å². The number of hydrogen-bond acceptors (Lipinski definition) is 2. The minimum absolute atomic E-state index is 0.189. The molecule has 0 spiro atoms. The number of fused-ring (bicyclic) bond motifs is 1. The largest absolute Gasteiger partial charge is 0.469 e. The highest BCUT2D eigenvalue weighted by Crippen LogP contribution is 2.37. The Hall–Kier alpha value is -3.33.